The molecule has 0 aliphatic carbocycles. The highest BCUT2D eigenvalue weighted by atomic mass is 16.4. The van der Waals surface area contributed by atoms with Crippen LogP contribution in [0.1, 0.15) is 40.4 Å². The highest BCUT2D eigenvalue weighted by Crippen LogP contribution is 2.10. The quantitative estimate of drug-likeness (QED) is 0.830. The molecule has 0 aliphatic heterocycles. The van der Waals surface area contributed by atoms with Crippen molar-refractivity contribution in [3.05, 3.63) is 64.7 Å². The molecule has 2 rings (SSSR count). The summed E-state index contributed by atoms with van der Waals surface area (Å²) in [7, 11) is 0. The van der Waals surface area contributed by atoms with Crippen LogP contribution in [0.3, 0.4) is 0 Å². The Morgan fingerprint density at radius 3 is 2.10 bits per heavy atom. The Kier molecular flexibility index (Phi) is 6.47. The molecule has 3 N–H and O–H groups in total. The summed E-state index contributed by atoms with van der Waals surface area (Å²) in [4.78, 5) is 10.5. The highest BCUT2D eigenvalue weighted by molar-refractivity contribution is 5.87. The lowest BCUT2D eigenvalue weighted by Crippen LogP contribution is -1.95. The SMILES string of the molecule is CCCc1ccc(C(=O)O)cc1.Cc1ccc(N)cc1C. The van der Waals surface area contributed by atoms with Crippen molar-refractivity contribution in [2.24, 2.45) is 0 Å². The van der Waals surface area contributed by atoms with E-state index in [1.807, 2.05) is 30.3 Å². The second kappa shape index (κ2) is 8.10. The van der Waals surface area contributed by atoms with Crippen LogP contribution in [0.15, 0.2) is 42.5 Å². The molecule has 3 nitrogen and oxygen atoms in total. The smallest absolute Gasteiger partial charge is 0.335 e. The third-order valence-electron chi connectivity index (χ3n) is 3.27. The van der Waals surface area contributed by atoms with Crippen LogP contribution in [0.5, 0.6) is 0 Å². The van der Waals surface area contributed by atoms with E-state index in [2.05, 4.69) is 20.8 Å². The standard InChI is InChI=1S/C10H12O2.C8H11N/c1-2-3-8-4-6-9(7-5-8)10(11)12;1-6-3-4-8(9)5-7(6)2/h4-7H,2-3H2,1H3,(H,11,12);3-5H,9H2,1-2H3. The van der Waals surface area contributed by atoms with E-state index in [0.29, 0.717) is 5.56 Å². The van der Waals surface area contributed by atoms with E-state index in [9.17, 15) is 4.79 Å². The largest absolute Gasteiger partial charge is 0.478 e. The van der Waals surface area contributed by atoms with Crippen molar-refractivity contribution in [2.75, 3.05) is 5.73 Å². The van der Waals surface area contributed by atoms with Crippen molar-refractivity contribution in [1.29, 1.82) is 0 Å². The van der Waals surface area contributed by atoms with Gasteiger partial charge in [0.25, 0.3) is 0 Å². The minimum absolute atomic E-state index is 0.356. The number of nitrogen functional groups attached to an aromatic ring is 1. The van der Waals surface area contributed by atoms with Crippen molar-refractivity contribution in [3.8, 4) is 0 Å². The summed E-state index contributed by atoms with van der Waals surface area (Å²) in [6.07, 6.45) is 2.10. The van der Waals surface area contributed by atoms with E-state index >= 15 is 0 Å². The van der Waals surface area contributed by atoms with Gasteiger partial charge in [-0.3, -0.25) is 0 Å². The van der Waals surface area contributed by atoms with Gasteiger partial charge in [-0.25, -0.2) is 4.79 Å². The number of hydrogen-bond acceptors (Lipinski definition) is 2. The summed E-state index contributed by atoms with van der Waals surface area (Å²) < 4.78 is 0. The topological polar surface area (TPSA) is 63.3 Å². The van der Waals surface area contributed by atoms with Crippen LogP contribution in [0.2, 0.25) is 0 Å². The number of carboxylic acid groups (broad SMARTS) is 1. The number of nitrogens with two attached hydrogens (primary N) is 1. The van der Waals surface area contributed by atoms with E-state index in [1.54, 1.807) is 12.1 Å². The summed E-state index contributed by atoms with van der Waals surface area (Å²) in [5, 5.41) is 8.61. The lowest BCUT2D eigenvalue weighted by molar-refractivity contribution is 0.0697. The number of aromatic carboxylic acids is 1. The molecule has 0 aliphatic rings. The predicted octanol–water partition coefficient (Wildman–Crippen LogP) is 4.22. The fourth-order valence-electron chi connectivity index (χ4n) is 1.87. The first-order chi connectivity index (χ1) is 9.93. The van der Waals surface area contributed by atoms with Gasteiger partial charge >= 0.3 is 5.97 Å². The second-order valence-electron chi connectivity index (χ2n) is 5.10. The maximum absolute atomic E-state index is 10.5. The molecule has 0 saturated carbocycles. The Hall–Kier alpha value is -2.29. The molecule has 21 heavy (non-hydrogen) atoms. The normalized spacial score (nSPS) is 9.67. The second-order valence-corrected chi connectivity index (χ2v) is 5.10. The lowest BCUT2D eigenvalue weighted by atomic mass is 10.1. The first-order valence-corrected chi connectivity index (χ1v) is 7.09. The Morgan fingerprint density at radius 1 is 1.05 bits per heavy atom. The maximum Gasteiger partial charge on any atom is 0.335 e. The van der Waals surface area contributed by atoms with Crippen LogP contribution in [0, 0.1) is 13.8 Å². The van der Waals surface area contributed by atoms with Gasteiger partial charge in [0.05, 0.1) is 5.56 Å². The molecular weight excluding hydrogens is 262 g/mol. The number of carboxylic acids is 1. The van der Waals surface area contributed by atoms with E-state index in [1.165, 1.54) is 16.7 Å². The predicted molar refractivity (Wildman–Crippen MR) is 87.7 cm³/mol. The minimum Gasteiger partial charge on any atom is -0.478 e. The molecule has 0 amide bonds. The monoisotopic (exact) mass is 285 g/mol. The zero-order valence-corrected chi connectivity index (χ0v) is 12.9. The average Bonchev–Trinajstić information content (AvgIpc) is 2.45. The van der Waals surface area contributed by atoms with E-state index < -0.39 is 5.97 Å². The molecule has 0 aromatic heterocycles. The Morgan fingerprint density at radius 2 is 1.67 bits per heavy atom. The van der Waals surface area contributed by atoms with Gasteiger partial charge in [-0.05, 0) is 61.2 Å². The zero-order chi connectivity index (χ0) is 15.8. The number of rotatable bonds is 3. The Bertz CT molecular complexity index is 589. The van der Waals surface area contributed by atoms with Crippen LogP contribution in [-0.2, 0) is 6.42 Å². The van der Waals surface area contributed by atoms with E-state index in [0.717, 1.165) is 18.5 Å². The molecule has 0 atom stereocenters. The van der Waals surface area contributed by atoms with Gasteiger partial charge in [-0.15, -0.1) is 0 Å². The number of carbonyl (C=O) groups is 1. The molecule has 2 aromatic carbocycles. The van der Waals surface area contributed by atoms with Gasteiger partial charge in [0.2, 0.25) is 0 Å². The van der Waals surface area contributed by atoms with Gasteiger partial charge in [-0.1, -0.05) is 31.5 Å². The van der Waals surface area contributed by atoms with Crippen molar-refractivity contribution in [2.45, 2.75) is 33.6 Å². The Balaban J connectivity index is 0.000000219. The number of anilines is 1. The summed E-state index contributed by atoms with van der Waals surface area (Å²) in [5.74, 6) is -0.863. The molecule has 0 spiro atoms. The minimum atomic E-state index is -0.863. The van der Waals surface area contributed by atoms with E-state index in [4.69, 9.17) is 10.8 Å². The van der Waals surface area contributed by atoms with Crippen molar-refractivity contribution < 1.29 is 9.90 Å². The summed E-state index contributed by atoms with van der Waals surface area (Å²) in [5.41, 5.74) is 10.5. The fraction of sp³-hybridized carbons (Fsp3) is 0.278. The van der Waals surface area contributed by atoms with Gasteiger partial charge in [0, 0.05) is 5.69 Å². The maximum atomic E-state index is 10.5. The van der Waals surface area contributed by atoms with Crippen LogP contribution in [0.4, 0.5) is 5.69 Å². The molecule has 112 valence electrons. The zero-order valence-electron chi connectivity index (χ0n) is 12.9. The third-order valence-corrected chi connectivity index (χ3v) is 3.27. The first kappa shape index (κ1) is 16.8. The molecule has 0 unspecified atom stereocenters. The molecule has 2 aromatic rings. The van der Waals surface area contributed by atoms with Crippen LogP contribution >= 0.6 is 0 Å². The van der Waals surface area contributed by atoms with Crippen molar-refractivity contribution in [1.82, 2.24) is 0 Å². The highest BCUT2D eigenvalue weighted by Gasteiger charge is 2.00. The van der Waals surface area contributed by atoms with Gasteiger partial charge in [-0.2, -0.15) is 0 Å². The third kappa shape index (κ3) is 5.69. The molecule has 0 radical (unpaired) electrons. The average molecular weight is 285 g/mol. The summed E-state index contributed by atoms with van der Waals surface area (Å²) in [6.45, 7) is 6.24. The summed E-state index contributed by atoms with van der Waals surface area (Å²) >= 11 is 0. The molecular formula is C18H23NO2. The lowest BCUT2D eigenvalue weighted by Gasteiger charge is -1.98. The molecule has 0 fully saturated rings. The summed E-state index contributed by atoms with van der Waals surface area (Å²) in [6, 6.07) is 13.0. The number of aryl methyl sites for hydroxylation is 3. The van der Waals surface area contributed by atoms with E-state index in [-0.39, 0.29) is 0 Å². The molecule has 3 heteroatoms. The molecule has 0 heterocycles. The number of hydrogen-bond donors (Lipinski definition) is 2. The van der Waals surface area contributed by atoms with Crippen LogP contribution in [0.25, 0.3) is 0 Å². The molecule has 0 bridgehead atoms. The van der Waals surface area contributed by atoms with Gasteiger partial charge < -0.3 is 10.8 Å². The van der Waals surface area contributed by atoms with Crippen molar-refractivity contribution in [3.63, 3.8) is 0 Å². The number of benzene rings is 2. The van der Waals surface area contributed by atoms with Crippen molar-refractivity contribution >= 4 is 11.7 Å². The first-order valence-electron chi connectivity index (χ1n) is 7.09. The van der Waals surface area contributed by atoms with Crippen LogP contribution in [-0.4, -0.2) is 11.1 Å². The van der Waals surface area contributed by atoms with Crippen LogP contribution < -0.4 is 5.73 Å². The fourth-order valence-corrected chi connectivity index (χ4v) is 1.87. The molecule has 0 saturated heterocycles. The van der Waals surface area contributed by atoms with Gasteiger partial charge in [0.15, 0.2) is 0 Å². The van der Waals surface area contributed by atoms with Gasteiger partial charge in [0.1, 0.15) is 0 Å². The Labute approximate surface area is 126 Å².